The maximum Gasteiger partial charge on any atom is 0.416 e. The first-order chi connectivity index (χ1) is 14.8. The second kappa shape index (κ2) is 8.33. The smallest absolute Gasteiger partial charge is 0.416 e. The van der Waals surface area contributed by atoms with Gasteiger partial charge in [-0.3, -0.25) is 9.69 Å². The van der Waals surface area contributed by atoms with Crippen LogP contribution in [-0.4, -0.2) is 39.5 Å². The summed E-state index contributed by atoms with van der Waals surface area (Å²) in [6.45, 7) is 9.48. The molecular formula is C22H25F3N4O3. The Morgan fingerprint density at radius 3 is 2.34 bits per heavy atom. The zero-order valence-electron chi connectivity index (χ0n) is 18.0. The Hall–Kier alpha value is -3.30. The summed E-state index contributed by atoms with van der Waals surface area (Å²) in [5.74, 6) is -0.0524. The lowest BCUT2D eigenvalue weighted by Crippen LogP contribution is -2.51. The number of alkyl halides is 3. The predicted molar refractivity (Wildman–Crippen MR) is 113 cm³/mol. The summed E-state index contributed by atoms with van der Waals surface area (Å²) in [6, 6.07) is 4.30. The maximum atomic E-state index is 12.9. The Labute approximate surface area is 183 Å². The van der Waals surface area contributed by atoms with E-state index in [1.807, 2.05) is 20.8 Å². The largest absolute Gasteiger partial charge is 0.465 e. The molecule has 0 saturated carbocycles. The zero-order valence-corrected chi connectivity index (χ0v) is 18.0. The van der Waals surface area contributed by atoms with Gasteiger partial charge in [-0.1, -0.05) is 39.5 Å². The maximum absolute atomic E-state index is 12.9. The van der Waals surface area contributed by atoms with Crippen molar-refractivity contribution in [2.24, 2.45) is 0 Å². The van der Waals surface area contributed by atoms with E-state index in [0.717, 1.165) is 23.1 Å². The summed E-state index contributed by atoms with van der Waals surface area (Å²) in [4.78, 5) is 24.9. The molecule has 0 saturated heterocycles. The van der Waals surface area contributed by atoms with Crippen LogP contribution in [0.1, 0.15) is 43.2 Å². The first-order valence-corrected chi connectivity index (χ1v) is 10.0. The molecule has 0 aliphatic carbocycles. The van der Waals surface area contributed by atoms with E-state index in [2.05, 4.69) is 17.0 Å². The van der Waals surface area contributed by atoms with Crippen molar-refractivity contribution in [3.05, 3.63) is 59.3 Å². The van der Waals surface area contributed by atoms with Crippen LogP contribution in [0.5, 0.6) is 0 Å². The fourth-order valence-corrected chi connectivity index (χ4v) is 3.79. The molecule has 1 aliphatic heterocycles. The highest BCUT2D eigenvalue weighted by Crippen LogP contribution is 2.36. The molecule has 2 amide bonds. The molecule has 1 unspecified atom stereocenters. The number of amides is 2. The molecule has 1 aromatic carbocycles. The molecule has 0 bridgehead atoms. The molecule has 0 radical (unpaired) electrons. The minimum atomic E-state index is -4.43. The van der Waals surface area contributed by atoms with Crippen molar-refractivity contribution in [2.75, 3.05) is 11.4 Å². The molecule has 0 fully saturated rings. The fraction of sp³-hybridized carbons (Fsp3) is 0.409. The molecule has 2 N–H and O–H groups in total. The van der Waals surface area contributed by atoms with E-state index in [1.165, 1.54) is 12.1 Å². The van der Waals surface area contributed by atoms with Crippen LogP contribution in [0.4, 0.5) is 23.8 Å². The van der Waals surface area contributed by atoms with Crippen LogP contribution in [-0.2, 0) is 29.4 Å². The topological polar surface area (TPSA) is 87.5 Å². The third-order valence-electron chi connectivity index (χ3n) is 5.21. The van der Waals surface area contributed by atoms with Crippen molar-refractivity contribution in [3.8, 4) is 0 Å². The van der Waals surface area contributed by atoms with Crippen molar-refractivity contribution < 1.29 is 27.9 Å². The van der Waals surface area contributed by atoms with Gasteiger partial charge in [0.15, 0.2) is 0 Å². The van der Waals surface area contributed by atoms with Gasteiger partial charge < -0.3 is 10.4 Å². The number of benzene rings is 1. The van der Waals surface area contributed by atoms with Gasteiger partial charge in [0.25, 0.3) is 0 Å². The molecule has 1 atom stereocenters. The number of halogens is 3. The molecule has 10 heteroatoms. The van der Waals surface area contributed by atoms with E-state index in [9.17, 15) is 27.9 Å². The van der Waals surface area contributed by atoms with Crippen LogP contribution >= 0.6 is 0 Å². The lowest BCUT2D eigenvalue weighted by Gasteiger charge is -2.32. The van der Waals surface area contributed by atoms with Crippen molar-refractivity contribution in [3.63, 3.8) is 0 Å². The number of carboxylic acid groups (broad SMARTS) is 1. The minimum Gasteiger partial charge on any atom is -0.465 e. The van der Waals surface area contributed by atoms with Gasteiger partial charge >= 0.3 is 12.3 Å². The van der Waals surface area contributed by atoms with E-state index < -0.39 is 35.2 Å². The van der Waals surface area contributed by atoms with Crippen LogP contribution in [0.3, 0.4) is 0 Å². The van der Waals surface area contributed by atoms with Gasteiger partial charge in [0.1, 0.15) is 5.82 Å². The highest BCUT2D eigenvalue weighted by atomic mass is 19.4. The monoisotopic (exact) mass is 450 g/mol. The highest BCUT2D eigenvalue weighted by Gasteiger charge is 2.37. The standard InChI is InChI=1S/C22H25F3N4O3/c1-5-17(30)26-15-11-28(20(31)32)19-16(18(21(2,3)4)27-29(19)12-15)10-13-6-8-14(9-7-13)22(23,24)25/h5-9,15H,1,10-12H2,2-4H3,(H,26,30)(H,31,32). The van der Waals surface area contributed by atoms with Crippen LogP contribution < -0.4 is 10.2 Å². The lowest BCUT2D eigenvalue weighted by molar-refractivity contribution is -0.137. The summed E-state index contributed by atoms with van der Waals surface area (Å²) < 4.78 is 40.3. The molecule has 7 nitrogen and oxygen atoms in total. The summed E-state index contributed by atoms with van der Waals surface area (Å²) in [7, 11) is 0. The van der Waals surface area contributed by atoms with Gasteiger partial charge in [0, 0.05) is 17.4 Å². The first-order valence-electron chi connectivity index (χ1n) is 10.0. The summed E-state index contributed by atoms with van der Waals surface area (Å²) in [5.41, 5.74) is 0.687. The lowest BCUT2D eigenvalue weighted by atomic mass is 9.87. The van der Waals surface area contributed by atoms with E-state index in [0.29, 0.717) is 22.6 Å². The molecule has 2 aromatic rings. The predicted octanol–water partition coefficient (Wildman–Crippen LogP) is 3.96. The first kappa shape index (κ1) is 23.4. The number of aromatic nitrogens is 2. The Bertz CT molecular complexity index is 1040. The number of fused-ring (bicyclic) bond motifs is 1. The number of rotatable bonds is 4. The van der Waals surface area contributed by atoms with Crippen LogP contribution in [0.2, 0.25) is 0 Å². The number of carbonyl (C=O) groups is 2. The number of nitrogens with zero attached hydrogens (tertiary/aromatic N) is 3. The van der Waals surface area contributed by atoms with Crippen molar-refractivity contribution in [2.45, 2.75) is 51.4 Å². The van der Waals surface area contributed by atoms with Gasteiger partial charge in [0.2, 0.25) is 5.91 Å². The second-order valence-corrected chi connectivity index (χ2v) is 8.76. The number of anilines is 1. The van der Waals surface area contributed by atoms with Gasteiger partial charge in [-0.05, 0) is 23.8 Å². The molecule has 3 rings (SSSR count). The Morgan fingerprint density at radius 2 is 1.84 bits per heavy atom. The molecule has 1 aliphatic rings. The Morgan fingerprint density at radius 1 is 1.22 bits per heavy atom. The zero-order chi connectivity index (χ0) is 23.8. The van der Waals surface area contributed by atoms with Crippen LogP contribution in [0.15, 0.2) is 36.9 Å². The number of hydrogen-bond acceptors (Lipinski definition) is 3. The second-order valence-electron chi connectivity index (χ2n) is 8.76. The summed E-state index contributed by atoms with van der Waals surface area (Å²) in [5, 5.41) is 17.2. The highest BCUT2D eigenvalue weighted by molar-refractivity contribution is 5.89. The normalized spacial score (nSPS) is 16.4. The number of hydrogen-bond donors (Lipinski definition) is 2. The molecule has 32 heavy (non-hydrogen) atoms. The molecule has 0 spiro atoms. The SMILES string of the molecule is C=CC(=O)NC1CN(C(=O)O)c2c(Cc3ccc(C(F)(F)F)cc3)c(C(C)(C)C)nn2C1. The van der Waals surface area contributed by atoms with E-state index >= 15 is 0 Å². The number of carbonyl (C=O) groups excluding carboxylic acids is 1. The Balaban J connectivity index is 2.05. The third kappa shape index (κ3) is 4.79. The van der Waals surface area contributed by atoms with Crippen molar-refractivity contribution >= 4 is 17.8 Å². The van der Waals surface area contributed by atoms with Gasteiger partial charge in [-0.2, -0.15) is 18.3 Å². The average molecular weight is 450 g/mol. The fourth-order valence-electron chi connectivity index (χ4n) is 3.79. The van der Waals surface area contributed by atoms with E-state index in [-0.39, 0.29) is 19.5 Å². The summed E-state index contributed by atoms with van der Waals surface area (Å²) in [6.07, 6.45) is -4.32. The molecule has 2 heterocycles. The third-order valence-corrected chi connectivity index (χ3v) is 5.21. The van der Waals surface area contributed by atoms with Crippen LogP contribution in [0, 0.1) is 0 Å². The van der Waals surface area contributed by atoms with Crippen molar-refractivity contribution in [1.82, 2.24) is 15.1 Å². The minimum absolute atomic E-state index is 0.0181. The Kier molecular flexibility index (Phi) is 6.08. The van der Waals surface area contributed by atoms with Gasteiger partial charge in [0.05, 0.1) is 30.4 Å². The van der Waals surface area contributed by atoms with Gasteiger partial charge in [-0.25, -0.2) is 9.48 Å². The molecule has 1 aromatic heterocycles. The molecule has 172 valence electrons. The van der Waals surface area contributed by atoms with E-state index in [4.69, 9.17) is 0 Å². The number of nitrogens with one attached hydrogen (secondary N) is 1. The molecular weight excluding hydrogens is 425 g/mol. The summed E-state index contributed by atoms with van der Waals surface area (Å²) >= 11 is 0. The van der Waals surface area contributed by atoms with Crippen molar-refractivity contribution in [1.29, 1.82) is 0 Å². The van der Waals surface area contributed by atoms with Gasteiger partial charge in [-0.15, -0.1) is 0 Å². The van der Waals surface area contributed by atoms with Crippen LogP contribution in [0.25, 0.3) is 0 Å². The average Bonchev–Trinajstić information content (AvgIpc) is 3.05. The quantitative estimate of drug-likeness (QED) is 0.691. The van der Waals surface area contributed by atoms with E-state index in [1.54, 1.807) is 4.68 Å².